The van der Waals surface area contributed by atoms with Gasteiger partial charge < -0.3 is 14.5 Å². The summed E-state index contributed by atoms with van der Waals surface area (Å²) < 4.78 is 34.9. The molecule has 0 unspecified atom stereocenters. The van der Waals surface area contributed by atoms with Crippen molar-refractivity contribution in [2.45, 2.75) is 13.5 Å². The highest BCUT2D eigenvalue weighted by Gasteiger charge is 2.15. The largest absolute Gasteiger partial charge is 0.486 e. The van der Waals surface area contributed by atoms with Crippen molar-refractivity contribution in [2.75, 3.05) is 5.32 Å². The predicted octanol–water partition coefficient (Wildman–Crippen LogP) is 4.75. The van der Waals surface area contributed by atoms with E-state index in [1.165, 1.54) is 0 Å². The minimum Gasteiger partial charge on any atom is -0.486 e. The highest BCUT2D eigenvalue weighted by atomic mass is 19.1. The molecule has 2 aromatic carbocycles. The van der Waals surface area contributed by atoms with E-state index in [1.807, 2.05) is 35.9 Å². The van der Waals surface area contributed by atoms with E-state index >= 15 is 0 Å². The van der Waals surface area contributed by atoms with Crippen molar-refractivity contribution in [1.82, 2.24) is 9.38 Å². The molecule has 2 heterocycles. The van der Waals surface area contributed by atoms with E-state index in [1.54, 1.807) is 24.3 Å². The molecule has 0 saturated heterocycles. The maximum Gasteiger partial charge on any atom is 0.259 e. The zero-order valence-electron chi connectivity index (χ0n) is 15.5. The molecular weight excluding hydrogens is 376 g/mol. The lowest BCUT2D eigenvalue weighted by Gasteiger charge is -2.11. The van der Waals surface area contributed by atoms with E-state index in [4.69, 9.17) is 4.74 Å². The summed E-state index contributed by atoms with van der Waals surface area (Å²) in [6.45, 7) is 2.12. The molecule has 0 atom stereocenters. The molecule has 0 fully saturated rings. The van der Waals surface area contributed by atoms with Crippen molar-refractivity contribution >= 4 is 17.2 Å². The summed E-state index contributed by atoms with van der Waals surface area (Å²) in [7, 11) is 0. The molecule has 4 aromatic rings. The third-order valence-corrected chi connectivity index (χ3v) is 4.41. The summed E-state index contributed by atoms with van der Waals surface area (Å²) in [4.78, 5) is 17.1. The number of rotatable bonds is 5. The van der Waals surface area contributed by atoms with Crippen molar-refractivity contribution in [3.63, 3.8) is 0 Å². The lowest BCUT2D eigenvalue weighted by molar-refractivity contribution is 0.102. The Hall–Kier alpha value is -3.74. The van der Waals surface area contributed by atoms with Crippen molar-refractivity contribution in [1.29, 1.82) is 0 Å². The van der Waals surface area contributed by atoms with Gasteiger partial charge in [-0.2, -0.15) is 0 Å². The van der Waals surface area contributed by atoms with Crippen molar-refractivity contribution in [2.24, 2.45) is 0 Å². The van der Waals surface area contributed by atoms with Crippen LogP contribution in [0.15, 0.2) is 67.0 Å². The van der Waals surface area contributed by atoms with E-state index < -0.39 is 17.5 Å². The number of nitrogens with one attached hydrogen (secondary N) is 1. The second-order valence-electron chi connectivity index (χ2n) is 6.52. The molecule has 7 heteroatoms. The Bertz CT molecular complexity index is 1200. The van der Waals surface area contributed by atoms with E-state index in [0.717, 1.165) is 29.4 Å². The molecule has 1 N–H and O–H groups in total. The second kappa shape index (κ2) is 7.71. The minimum atomic E-state index is -0.724. The monoisotopic (exact) mass is 393 g/mol. The number of nitrogens with zero attached hydrogens (tertiary/aromatic N) is 2. The Morgan fingerprint density at radius 1 is 1.14 bits per heavy atom. The van der Waals surface area contributed by atoms with Crippen molar-refractivity contribution < 1.29 is 18.3 Å². The fraction of sp³-hybridized carbons (Fsp3) is 0.0909. The number of fused-ring (bicyclic) bond motifs is 1. The number of benzene rings is 2. The van der Waals surface area contributed by atoms with Gasteiger partial charge in [-0.1, -0.05) is 18.2 Å². The zero-order chi connectivity index (χ0) is 20.4. The van der Waals surface area contributed by atoms with Gasteiger partial charge in [0.2, 0.25) is 0 Å². The summed E-state index contributed by atoms with van der Waals surface area (Å²) in [5, 5.41) is 2.38. The fourth-order valence-electron chi connectivity index (χ4n) is 2.99. The molecule has 0 bridgehead atoms. The summed E-state index contributed by atoms with van der Waals surface area (Å²) in [6.07, 6.45) is 3.75. The predicted molar refractivity (Wildman–Crippen MR) is 105 cm³/mol. The fourth-order valence-corrected chi connectivity index (χ4v) is 2.99. The third kappa shape index (κ3) is 3.94. The second-order valence-corrected chi connectivity index (χ2v) is 6.52. The molecule has 0 aliphatic carbocycles. The van der Waals surface area contributed by atoms with E-state index in [9.17, 15) is 13.6 Å². The number of halogens is 2. The Balaban J connectivity index is 1.53. The maximum absolute atomic E-state index is 13.8. The molecule has 29 heavy (non-hydrogen) atoms. The molecule has 0 aliphatic rings. The van der Waals surface area contributed by atoms with E-state index in [2.05, 4.69) is 10.3 Å². The molecule has 4 rings (SSSR count). The van der Waals surface area contributed by atoms with Gasteiger partial charge in [0.15, 0.2) is 0 Å². The van der Waals surface area contributed by atoms with E-state index in [0.29, 0.717) is 11.4 Å². The van der Waals surface area contributed by atoms with Crippen molar-refractivity contribution in [3.8, 4) is 5.75 Å². The van der Waals surface area contributed by atoms with Gasteiger partial charge in [0.25, 0.3) is 5.91 Å². The quantitative estimate of drug-likeness (QED) is 0.532. The van der Waals surface area contributed by atoms with Crippen LogP contribution in [0.1, 0.15) is 21.6 Å². The number of imidazole rings is 1. The molecule has 1 amide bonds. The van der Waals surface area contributed by atoms with Gasteiger partial charge in [-0.05, 0) is 42.8 Å². The summed E-state index contributed by atoms with van der Waals surface area (Å²) in [6, 6.07) is 13.3. The normalized spacial score (nSPS) is 10.9. The van der Waals surface area contributed by atoms with Crippen LogP contribution in [0.2, 0.25) is 0 Å². The lowest BCUT2D eigenvalue weighted by atomic mass is 10.1. The number of pyridine rings is 1. The first-order valence-electron chi connectivity index (χ1n) is 8.93. The van der Waals surface area contributed by atoms with Gasteiger partial charge >= 0.3 is 0 Å². The Morgan fingerprint density at radius 2 is 1.97 bits per heavy atom. The number of anilines is 1. The molecule has 5 nitrogen and oxygen atoms in total. The average molecular weight is 393 g/mol. The number of hydrogen-bond donors (Lipinski definition) is 1. The summed E-state index contributed by atoms with van der Waals surface area (Å²) in [5.74, 6) is -1.65. The molecule has 146 valence electrons. The van der Waals surface area contributed by atoms with Crippen LogP contribution >= 0.6 is 0 Å². The molecule has 0 spiro atoms. The SMILES string of the molecule is Cc1cccn2cc(COc3ccccc3C(=O)Nc3cc(F)ccc3F)nc12. The van der Waals surface area contributed by atoms with Gasteiger partial charge in [0.1, 0.15) is 29.6 Å². The van der Waals surface area contributed by atoms with Gasteiger partial charge in [-0.25, -0.2) is 13.8 Å². The highest BCUT2D eigenvalue weighted by molar-refractivity contribution is 6.06. The topological polar surface area (TPSA) is 55.6 Å². The average Bonchev–Trinajstić information content (AvgIpc) is 3.14. The number of aromatic nitrogens is 2. The van der Waals surface area contributed by atoms with Crippen LogP contribution in [0.25, 0.3) is 5.65 Å². The van der Waals surface area contributed by atoms with E-state index in [-0.39, 0.29) is 17.9 Å². The lowest BCUT2D eigenvalue weighted by Crippen LogP contribution is -2.14. The molecule has 2 aromatic heterocycles. The van der Waals surface area contributed by atoms with Crippen LogP contribution in [0.5, 0.6) is 5.75 Å². The number of hydrogen-bond acceptors (Lipinski definition) is 3. The molecule has 0 radical (unpaired) electrons. The molecular formula is C22H17F2N3O2. The van der Waals surface area contributed by atoms with Crippen LogP contribution in [0.3, 0.4) is 0 Å². The molecule has 0 saturated carbocycles. The Kier molecular flexibility index (Phi) is 4.95. The zero-order valence-corrected chi connectivity index (χ0v) is 15.5. The number of para-hydroxylation sites is 1. The van der Waals surface area contributed by atoms with Crippen LogP contribution in [-0.4, -0.2) is 15.3 Å². The van der Waals surface area contributed by atoms with Crippen LogP contribution in [0.4, 0.5) is 14.5 Å². The van der Waals surface area contributed by atoms with Crippen LogP contribution < -0.4 is 10.1 Å². The van der Waals surface area contributed by atoms with Crippen molar-refractivity contribution in [3.05, 3.63) is 95.4 Å². The van der Waals surface area contributed by atoms with Gasteiger partial charge in [-0.15, -0.1) is 0 Å². The summed E-state index contributed by atoms with van der Waals surface area (Å²) >= 11 is 0. The highest BCUT2D eigenvalue weighted by Crippen LogP contribution is 2.23. The van der Waals surface area contributed by atoms with Gasteiger partial charge in [-0.3, -0.25) is 4.79 Å². The number of carbonyl (C=O) groups is 1. The first-order chi connectivity index (χ1) is 14.0. The number of carbonyl (C=O) groups excluding carboxylic acids is 1. The standard InChI is InChI=1S/C22H17F2N3O2/c1-14-5-4-10-27-12-16(25-21(14)27)13-29-20-7-3-2-6-17(20)22(28)26-19-11-15(23)8-9-18(19)24/h2-12H,13H2,1H3,(H,26,28). The van der Waals surface area contributed by atoms with Gasteiger partial charge in [0.05, 0.1) is 16.9 Å². The molecule has 0 aliphatic heterocycles. The number of ether oxygens (including phenoxy) is 1. The number of amides is 1. The first-order valence-corrected chi connectivity index (χ1v) is 8.93. The van der Waals surface area contributed by atoms with Gasteiger partial charge in [0, 0.05) is 18.5 Å². The first kappa shape index (κ1) is 18.6. The third-order valence-electron chi connectivity index (χ3n) is 4.41. The van der Waals surface area contributed by atoms with Crippen LogP contribution in [0, 0.1) is 18.6 Å². The Morgan fingerprint density at radius 3 is 2.79 bits per heavy atom. The maximum atomic E-state index is 13.8. The Labute approximate surface area is 165 Å². The number of aryl methyl sites for hydroxylation is 1. The minimum absolute atomic E-state index is 0.153. The summed E-state index contributed by atoms with van der Waals surface area (Å²) in [5.41, 5.74) is 2.54. The van der Waals surface area contributed by atoms with Crippen LogP contribution in [-0.2, 0) is 6.61 Å². The smallest absolute Gasteiger partial charge is 0.259 e.